The van der Waals surface area contributed by atoms with E-state index in [0.29, 0.717) is 31.2 Å². The van der Waals surface area contributed by atoms with Crippen molar-refractivity contribution in [1.82, 2.24) is 9.88 Å². The molecular weight excluding hydrogens is 336 g/mol. The average Bonchev–Trinajstić information content (AvgIpc) is 2.61. The van der Waals surface area contributed by atoms with Crippen LogP contribution in [0.4, 0.5) is 0 Å². The number of amides is 1. The van der Waals surface area contributed by atoms with Crippen molar-refractivity contribution in [2.45, 2.75) is 31.7 Å². The van der Waals surface area contributed by atoms with Crippen LogP contribution in [-0.2, 0) is 16.0 Å². The van der Waals surface area contributed by atoms with Crippen LogP contribution < -0.4 is 0 Å². The minimum Gasteiger partial charge on any atom is -0.377 e. The van der Waals surface area contributed by atoms with Crippen LogP contribution in [0.15, 0.2) is 48.8 Å². The summed E-state index contributed by atoms with van der Waals surface area (Å²) < 4.78 is 5.56. The lowest BCUT2D eigenvalue weighted by molar-refractivity contribution is -0.148. The summed E-state index contributed by atoms with van der Waals surface area (Å²) in [4.78, 5) is 19.6. The lowest BCUT2D eigenvalue weighted by Gasteiger charge is -2.43. The van der Waals surface area contributed by atoms with Crippen LogP contribution in [0.1, 0.15) is 30.9 Å². The minimum atomic E-state index is -0.311. The van der Waals surface area contributed by atoms with Gasteiger partial charge in [-0.3, -0.25) is 9.78 Å². The Kier molecular flexibility index (Phi) is 5.40. The summed E-state index contributed by atoms with van der Waals surface area (Å²) in [5.74, 6) is -0.140. The molecule has 0 aliphatic carbocycles. The van der Waals surface area contributed by atoms with E-state index < -0.39 is 0 Å². The van der Waals surface area contributed by atoms with E-state index in [4.69, 9.17) is 16.3 Å². The molecule has 1 aromatic heterocycles. The maximum absolute atomic E-state index is 13.4. The summed E-state index contributed by atoms with van der Waals surface area (Å²) in [7, 11) is 0. The maximum Gasteiger partial charge on any atom is 0.231 e. The van der Waals surface area contributed by atoms with Crippen LogP contribution in [0.3, 0.4) is 0 Å². The second-order valence-electron chi connectivity index (χ2n) is 7.02. The molecule has 0 saturated carbocycles. The molecule has 0 bridgehead atoms. The van der Waals surface area contributed by atoms with Gasteiger partial charge >= 0.3 is 0 Å². The lowest BCUT2D eigenvalue weighted by Crippen LogP contribution is -2.56. The molecule has 3 rings (SSSR count). The number of nitrogens with zero attached hydrogens (tertiary/aromatic N) is 2. The van der Waals surface area contributed by atoms with Gasteiger partial charge in [0, 0.05) is 24.0 Å². The fraction of sp³-hybridized carbons (Fsp3) is 0.400. The zero-order valence-corrected chi connectivity index (χ0v) is 15.4. The van der Waals surface area contributed by atoms with E-state index in [2.05, 4.69) is 4.98 Å². The minimum absolute atomic E-state index is 0.125. The van der Waals surface area contributed by atoms with Crippen molar-refractivity contribution in [2.24, 2.45) is 0 Å². The van der Waals surface area contributed by atoms with Crippen molar-refractivity contribution in [3.05, 3.63) is 64.9 Å². The van der Waals surface area contributed by atoms with E-state index >= 15 is 0 Å². The van der Waals surface area contributed by atoms with Crippen molar-refractivity contribution < 1.29 is 9.53 Å². The van der Waals surface area contributed by atoms with Crippen molar-refractivity contribution >= 4 is 17.5 Å². The SMILES string of the molecule is CC1(C)COCCN1C(=O)C(Cc1cccnc1)c1ccc(Cl)cc1. The molecule has 0 spiro atoms. The monoisotopic (exact) mass is 358 g/mol. The Hall–Kier alpha value is -1.91. The standard InChI is InChI=1S/C20H23ClN2O2/c1-20(2)14-25-11-10-23(20)19(24)18(12-15-4-3-9-22-13-15)16-5-7-17(21)8-6-16/h3-9,13,18H,10-12,14H2,1-2H3. The Morgan fingerprint density at radius 1 is 1.32 bits per heavy atom. The summed E-state index contributed by atoms with van der Waals surface area (Å²) in [6, 6.07) is 11.5. The molecule has 0 radical (unpaired) electrons. The molecule has 1 aromatic carbocycles. The highest BCUT2D eigenvalue weighted by Gasteiger charge is 2.37. The van der Waals surface area contributed by atoms with E-state index in [1.165, 1.54) is 0 Å². The molecule has 132 valence electrons. The third-order valence-corrected chi connectivity index (χ3v) is 4.90. The molecule has 0 N–H and O–H groups in total. The molecule has 1 aliphatic heterocycles. The topological polar surface area (TPSA) is 42.4 Å². The van der Waals surface area contributed by atoms with Crippen molar-refractivity contribution in [3.8, 4) is 0 Å². The van der Waals surface area contributed by atoms with Crippen LogP contribution in [0.25, 0.3) is 0 Å². The fourth-order valence-electron chi connectivity index (χ4n) is 3.25. The Labute approximate surface area is 153 Å². The third kappa shape index (κ3) is 4.20. The van der Waals surface area contributed by atoms with Crippen LogP contribution >= 0.6 is 11.6 Å². The molecule has 1 aliphatic rings. The number of carbonyl (C=O) groups excluding carboxylic acids is 1. The maximum atomic E-state index is 13.4. The number of pyridine rings is 1. The molecular formula is C20H23ClN2O2. The number of morpholine rings is 1. The van der Waals surface area contributed by atoms with Gasteiger partial charge in [-0.05, 0) is 49.6 Å². The van der Waals surface area contributed by atoms with Crippen molar-refractivity contribution in [1.29, 1.82) is 0 Å². The predicted molar refractivity (Wildman–Crippen MR) is 98.7 cm³/mol. The van der Waals surface area contributed by atoms with Gasteiger partial charge in [0.2, 0.25) is 5.91 Å². The van der Waals surface area contributed by atoms with Crippen LogP contribution in [0, 0.1) is 0 Å². The molecule has 1 saturated heterocycles. The second-order valence-corrected chi connectivity index (χ2v) is 7.46. The number of carbonyl (C=O) groups is 1. The Morgan fingerprint density at radius 2 is 2.08 bits per heavy atom. The van der Waals surface area contributed by atoms with Gasteiger partial charge in [0.05, 0.1) is 24.7 Å². The zero-order valence-electron chi connectivity index (χ0n) is 14.6. The number of hydrogen-bond acceptors (Lipinski definition) is 3. The predicted octanol–water partition coefficient (Wildman–Crippen LogP) is 3.70. The number of halogens is 1. The normalized spacial score (nSPS) is 18.0. The van der Waals surface area contributed by atoms with Gasteiger partial charge in [0.1, 0.15) is 0 Å². The Morgan fingerprint density at radius 3 is 2.72 bits per heavy atom. The molecule has 1 amide bonds. The van der Waals surface area contributed by atoms with E-state index in [0.717, 1.165) is 11.1 Å². The second kappa shape index (κ2) is 7.54. The Bertz CT molecular complexity index is 716. The van der Waals surface area contributed by atoms with Gasteiger partial charge in [-0.15, -0.1) is 0 Å². The molecule has 1 atom stereocenters. The van der Waals surface area contributed by atoms with E-state index in [1.54, 1.807) is 6.20 Å². The first kappa shape index (κ1) is 17.9. The molecule has 5 heteroatoms. The average molecular weight is 359 g/mol. The Balaban J connectivity index is 1.92. The van der Waals surface area contributed by atoms with Gasteiger partial charge in [0.25, 0.3) is 0 Å². The number of benzene rings is 1. The summed E-state index contributed by atoms with van der Waals surface area (Å²) >= 11 is 6.03. The third-order valence-electron chi connectivity index (χ3n) is 4.64. The first-order chi connectivity index (χ1) is 12.0. The van der Waals surface area contributed by atoms with E-state index in [1.807, 2.05) is 61.3 Å². The smallest absolute Gasteiger partial charge is 0.231 e. The van der Waals surface area contributed by atoms with Gasteiger partial charge in [0.15, 0.2) is 0 Å². The number of aromatic nitrogens is 1. The number of rotatable bonds is 4. The van der Waals surface area contributed by atoms with Crippen LogP contribution in [0.5, 0.6) is 0 Å². The van der Waals surface area contributed by atoms with Gasteiger partial charge in [-0.25, -0.2) is 0 Å². The van der Waals surface area contributed by atoms with Gasteiger partial charge in [-0.2, -0.15) is 0 Å². The first-order valence-electron chi connectivity index (χ1n) is 8.51. The van der Waals surface area contributed by atoms with Crippen molar-refractivity contribution in [3.63, 3.8) is 0 Å². The molecule has 2 heterocycles. The van der Waals surface area contributed by atoms with Crippen LogP contribution in [-0.4, -0.2) is 41.1 Å². The molecule has 25 heavy (non-hydrogen) atoms. The fourth-order valence-corrected chi connectivity index (χ4v) is 3.38. The van der Waals surface area contributed by atoms with E-state index in [9.17, 15) is 4.79 Å². The molecule has 2 aromatic rings. The molecule has 1 unspecified atom stereocenters. The van der Waals surface area contributed by atoms with Crippen molar-refractivity contribution in [2.75, 3.05) is 19.8 Å². The van der Waals surface area contributed by atoms with Crippen LogP contribution in [0.2, 0.25) is 5.02 Å². The molecule has 4 nitrogen and oxygen atoms in total. The highest BCUT2D eigenvalue weighted by molar-refractivity contribution is 6.30. The zero-order chi connectivity index (χ0) is 17.9. The largest absolute Gasteiger partial charge is 0.377 e. The number of hydrogen-bond donors (Lipinski definition) is 0. The highest BCUT2D eigenvalue weighted by atomic mass is 35.5. The lowest BCUT2D eigenvalue weighted by atomic mass is 9.89. The summed E-state index contributed by atoms with van der Waals surface area (Å²) in [5, 5.41) is 0.669. The summed E-state index contributed by atoms with van der Waals surface area (Å²) in [6.07, 6.45) is 4.18. The quantitative estimate of drug-likeness (QED) is 0.837. The summed E-state index contributed by atoms with van der Waals surface area (Å²) in [5.41, 5.74) is 1.71. The highest BCUT2D eigenvalue weighted by Crippen LogP contribution is 2.29. The number of ether oxygens (including phenoxy) is 1. The molecule has 1 fully saturated rings. The van der Waals surface area contributed by atoms with E-state index in [-0.39, 0.29) is 17.4 Å². The van der Waals surface area contributed by atoms with Gasteiger partial charge in [-0.1, -0.05) is 29.8 Å². The van der Waals surface area contributed by atoms with Gasteiger partial charge < -0.3 is 9.64 Å². The first-order valence-corrected chi connectivity index (χ1v) is 8.89. The summed E-state index contributed by atoms with van der Waals surface area (Å²) in [6.45, 7) is 5.84.